The first-order valence-electron chi connectivity index (χ1n) is 5.55. The van der Waals surface area contributed by atoms with E-state index in [0.29, 0.717) is 11.1 Å². The molecular formula is C14H5Cl5FN. The fraction of sp³-hybridized carbons (Fsp3) is 0.0714. The van der Waals surface area contributed by atoms with E-state index in [2.05, 4.69) is 0 Å². The molecule has 0 spiro atoms. The molecule has 0 fully saturated rings. The molecule has 0 aliphatic rings. The number of rotatable bonds is 2. The largest absolute Gasteiger partial charge is 0.207 e. The molecule has 0 amide bonds. The van der Waals surface area contributed by atoms with Gasteiger partial charge in [-0.15, -0.1) is 0 Å². The monoisotopic (exact) mass is 381 g/mol. The molecule has 0 radical (unpaired) electrons. The molecule has 0 atom stereocenters. The maximum atomic E-state index is 13.7. The van der Waals surface area contributed by atoms with Crippen molar-refractivity contribution in [1.82, 2.24) is 0 Å². The van der Waals surface area contributed by atoms with Crippen molar-refractivity contribution in [2.75, 3.05) is 0 Å². The van der Waals surface area contributed by atoms with Crippen LogP contribution in [0.2, 0.25) is 25.1 Å². The number of nitrogens with zero attached hydrogens (tertiary/aromatic N) is 1. The van der Waals surface area contributed by atoms with Crippen molar-refractivity contribution < 1.29 is 4.39 Å². The lowest BCUT2D eigenvalue weighted by Gasteiger charge is -2.13. The van der Waals surface area contributed by atoms with Crippen molar-refractivity contribution in [2.45, 2.75) is 6.42 Å². The Kier molecular flexibility index (Phi) is 5.24. The molecule has 108 valence electrons. The van der Waals surface area contributed by atoms with E-state index >= 15 is 0 Å². The zero-order valence-electron chi connectivity index (χ0n) is 10.2. The van der Waals surface area contributed by atoms with Gasteiger partial charge in [0.25, 0.3) is 0 Å². The SMILES string of the molecule is N#CCc1cc(F)cc(-c2c(Cl)c(Cl)c(Cl)c(Cl)c2Cl)c1. The van der Waals surface area contributed by atoms with E-state index in [1.165, 1.54) is 12.1 Å². The van der Waals surface area contributed by atoms with Gasteiger partial charge in [-0.2, -0.15) is 5.26 Å². The zero-order valence-corrected chi connectivity index (χ0v) is 13.9. The first-order chi connectivity index (χ1) is 9.86. The minimum absolute atomic E-state index is 0.0331. The molecule has 0 aromatic heterocycles. The Hall–Kier alpha value is -0.690. The highest BCUT2D eigenvalue weighted by Gasteiger charge is 2.21. The molecule has 0 N–H and O–H groups in total. The van der Waals surface area contributed by atoms with Crippen molar-refractivity contribution in [3.05, 3.63) is 54.7 Å². The van der Waals surface area contributed by atoms with Crippen LogP contribution in [0.5, 0.6) is 0 Å². The summed E-state index contributed by atoms with van der Waals surface area (Å²) >= 11 is 30.2. The molecule has 0 bridgehead atoms. The van der Waals surface area contributed by atoms with Gasteiger partial charge >= 0.3 is 0 Å². The van der Waals surface area contributed by atoms with Gasteiger partial charge in [-0.05, 0) is 29.3 Å². The molecule has 1 nitrogen and oxygen atoms in total. The van der Waals surface area contributed by atoms with E-state index in [4.69, 9.17) is 63.3 Å². The topological polar surface area (TPSA) is 23.8 Å². The van der Waals surface area contributed by atoms with E-state index in [9.17, 15) is 4.39 Å². The number of hydrogen-bond acceptors (Lipinski definition) is 1. The summed E-state index contributed by atoms with van der Waals surface area (Å²) in [5, 5.41) is 8.97. The molecule has 0 saturated heterocycles. The first kappa shape index (κ1) is 16.7. The molecule has 0 heterocycles. The van der Waals surface area contributed by atoms with Gasteiger partial charge in [0.05, 0.1) is 37.6 Å². The van der Waals surface area contributed by atoms with Gasteiger partial charge in [-0.3, -0.25) is 0 Å². The maximum Gasteiger partial charge on any atom is 0.124 e. The number of hydrogen-bond donors (Lipinski definition) is 0. The van der Waals surface area contributed by atoms with Crippen LogP contribution in [0.15, 0.2) is 18.2 Å². The molecule has 2 aromatic rings. The van der Waals surface area contributed by atoms with Gasteiger partial charge in [-0.1, -0.05) is 58.0 Å². The summed E-state index contributed by atoms with van der Waals surface area (Å²) in [5.74, 6) is -0.521. The molecular weight excluding hydrogens is 378 g/mol. The average molecular weight is 383 g/mol. The van der Waals surface area contributed by atoms with E-state index in [0.717, 1.165) is 0 Å². The van der Waals surface area contributed by atoms with Crippen LogP contribution in [0, 0.1) is 17.1 Å². The number of halogens is 6. The summed E-state index contributed by atoms with van der Waals surface area (Å²) in [6.07, 6.45) is 0.0506. The zero-order chi connectivity index (χ0) is 15.7. The lowest BCUT2D eigenvalue weighted by atomic mass is 10.0. The van der Waals surface area contributed by atoms with Crippen LogP contribution in [0.4, 0.5) is 4.39 Å². The Labute approximate surface area is 145 Å². The van der Waals surface area contributed by atoms with E-state index in [-0.39, 0.29) is 37.1 Å². The van der Waals surface area contributed by atoms with Crippen LogP contribution >= 0.6 is 58.0 Å². The van der Waals surface area contributed by atoms with E-state index < -0.39 is 5.82 Å². The highest BCUT2D eigenvalue weighted by atomic mass is 35.5. The molecule has 0 aliphatic carbocycles. The highest BCUT2D eigenvalue weighted by Crippen LogP contribution is 2.48. The third kappa shape index (κ3) is 3.23. The average Bonchev–Trinajstić information content (AvgIpc) is 2.43. The molecule has 2 rings (SSSR count). The molecule has 7 heteroatoms. The summed E-state index contributed by atoms with van der Waals surface area (Å²) in [5.41, 5.74) is 1.13. The van der Waals surface area contributed by atoms with Crippen molar-refractivity contribution in [3.63, 3.8) is 0 Å². The predicted molar refractivity (Wildman–Crippen MR) is 86.2 cm³/mol. The van der Waals surface area contributed by atoms with Gasteiger partial charge in [-0.25, -0.2) is 4.39 Å². The van der Waals surface area contributed by atoms with E-state index in [1.807, 2.05) is 6.07 Å². The summed E-state index contributed by atoms with van der Waals surface area (Å²) in [6, 6.07) is 6.03. The van der Waals surface area contributed by atoms with Gasteiger partial charge < -0.3 is 0 Å². The minimum Gasteiger partial charge on any atom is -0.207 e. The third-order valence-corrected chi connectivity index (χ3v) is 5.02. The van der Waals surface area contributed by atoms with Crippen molar-refractivity contribution in [3.8, 4) is 17.2 Å². The van der Waals surface area contributed by atoms with Gasteiger partial charge in [0.1, 0.15) is 5.82 Å². The summed E-state index contributed by atoms with van der Waals surface area (Å²) in [7, 11) is 0. The van der Waals surface area contributed by atoms with Gasteiger partial charge in [0.15, 0.2) is 0 Å². The van der Waals surface area contributed by atoms with Crippen molar-refractivity contribution in [1.29, 1.82) is 5.26 Å². The quantitative estimate of drug-likeness (QED) is 0.412. The minimum atomic E-state index is -0.521. The molecule has 21 heavy (non-hydrogen) atoms. The Morgan fingerprint density at radius 2 is 1.38 bits per heavy atom. The summed E-state index contributed by atoms with van der Waals surface area (Å²) < 4.78 is 13.7. The predicted octanol–water partition coefficient (Wildman–Crippen LogP) is 6.83. The Bertz CT molecular complexity index is 738. The Morgan fingerprint density at radius 1 is 0.857 bits per heavy atom. The van der Waals surface area contributed by atoms with Gasteiger partial charge in [0.2, 0.25) is 0 Å². The van der Waals surface area contributed by atoms with Gasteiger partial charge in [0, 0.05) is 5.56 Å². The highest BCUT2D eigenvalue weighted by molar-refractivity contribution is 6.56. The Morgan fingerprint density at radius 3 is 1.90 bits per heavy atom. The van der Waals surface area contributed by atoms with E-state index in [1.54, 1.807) is 6.07 Å². The number of benzene rings is 2. The molecule has 0 aliphatic heterocycles. The summed E-state index contributed by atoms with van der Waals surface area (Å²) in [4.78, 5) is 0. The smallest absolute Gasteiger partial charge is 0.124 e. The standard InChI is InChI=1S/C14H5Cl5FN/c15-10-9(11(16)13(18)14(19)12(10)17)7-3-6(1-2-21)4-8(20)5-7/h3-5H,1H2. The van der Waals surface area contributed by atoms with Crippen LogP contribution < -0.4 is 0 Å². The third-order valence-electron chi connectivity index (χ3n) is 2.74. The summed E-state index contributed by atoms with van der Waals surface area (Å²) in [6.45, 7) is 0. The van der Waals surface area contributed by atoms with Crippen molar-refractivity contribution >= 4 is 58.0 Å². The van der Waals surface area contributed by atoms with Crippen molar-refractivity contribution in [2.24, 2.45) is 0 Å². The second kappa shape index (κ2) is 6.60. The van der Waals surface area contributed by atoms with Crippen LogP contribution in [0.1, 0.15) is 5.56 Å². The van der Waals surface area contributed by atoms with Crippen LogP contribution in [-0.2, 0) is 6.42 Å². The second-order valence-corrected chi connectivity index (χ2v) is 6.02. The first-order valence-corrected chi connectivity index (χ1v) is 7.44. The Balaban J connectivity index is 2.76. The number of nitriles is 1. The fourth-order valence-corrected chi connectivity index (χ4v) is 3.20. The maximum absolute atomic E-state index is 13.7. The lowest BCUT2D eigenvalue weighted by Crippen LogP contribution is -1.91. The molecule has 0 saturated carbocycles. The normalized spacial score (nSPS) is 10.5. The fourth-order valence-electron chi connectivity index (χ4n) is 1.85. The molecule has 0 unspecified atom stereocenters. The molecule has 2 aromatic carbocycles. The van der Waals surface area contributed by atoms with Crippen LogP contribution in [-0.4, -0.2) is 0 Å². The second-order valence-electron chi connectivity index (χ2n) is 4.13. The lowest BCUT2D eigenvalue weighted by molar-refractivity contribution is 0.626. The van der Waals surface area contributed by atoms with Crippen LogP contribution in [0.3, 0.4) is 0 Å². The van der Waals surface area contributed by atoms with Crippen LogP contribution in [0.25, 0.3) is 11.1 Å².